The van der Waals surface area contributed by atoms with Crippen LogP contribution in [0.25, 0.3) is 11.0 Å². The average Bonchev–Trinajstić information content (AvgIpc) is 3.09. The fourth-order valence-corrected chi connectivity index (χ4v) is 4.19. The number of aromatic amines is 1. The maximum absolute atomic E-state index is 5.90. The topological polar surface area (TPSA) is 41.1 Å². The Labute approximate surface area is 153 Å². The molecule has 2 unspecified atom stereocenters. The summed E-state index contributed by atoms with van der Waals surface area (Å²) in [4.78, 5) is 10.0. The first-order valence-corrected chi connectivity index (χ1v) is 9.92. The highest BCUT2D eigenvalue weighted by atomic mass is 79.9. The number of anilines is 1. The van der Waals surface area contributed by atoms with Crippen LogP contribution >= 0.6 is 27.7 Å². The lowest BCUT2D eigenvalue weighted by Gasteiger charge is -2.43. The van der Waals surface area contributed by atoms with E-state index in [2.05, 4.69) is 79.5 Å². The summed E-state index contributed by atoms with van der Waals surface area (Å²) in [5, 5.41) is 0.285. The summed E-state index contributed by atoms with van der Waals surface area (Å²) in [5.74, 6) is 0. The molecule has 0 saturated carbocycles. The number of fused-ring (bicyclic) bond motifs is 1. The van der Waals surface area contributed by atoms with Gasteiger partial charge in [-0.25, -0.2) is 4.98 Å². The predicted molar refractivity (Wildman–Crippen MR) is 104 cm³/mol. The standard InChI is InChI=1S/C18H18BrN3OS/c1-24-18-10-23-9-17(12-2-4-13(19)5-3-12)22(18)14-6-7-15-16(8-14)21-11-20-15/h2-8,11,17-18H,9-10H2,1H3,(H,20,21). The SMILES string of the molecule is CSC1COCC(c2ccc(Br)cc2)N1c1ccc2nc[nH]c2c1. The maximum Gasteiger partial charge on any atom is 0.0988 e. The monoisotopic (exact) mass is 403 g/mol. The Balaban J connectivity index is 1.77. The lowest BCUT2D eigenvalue weighted by Crippen LogP contribution is -2.46. The predicted octanol–water partition coefficient (Wildman–Crippen LogP) is 4.59. The van der Waals surface area contributed by atoms with Gasteiger partial charge in [0.1, 0.15) is 0 Å². The van der Waals surface area contributed by atoms with E-state index in [1.54, 1.807) is 6.33 Å². The van der Waals surface area contributed by atoms with E-state index in [9.17, 15) is 0 Å². The summed E-state index contributed by atoms with van der Waals surface area (Å²) in [6.45, 7) is 1.43. The van der Waals surface area contributed by atoms with Crippen molar-refractivity contribution in [3.05, 3.63) is 58.8 Å². The van der Waals surface area contributed by atoms with Gasteiger partial charge < -0.3 is 14.6 Å². The number of benzene rings is 2. The molecule has 6 heteroatoms. The Morgan fingerprint density at radius 2 is 2.04 bits per heavy atom. The first-order chi connectivity index (χ1) is 11.8. The number of imidazole rings is 1. The van der Waals surface area contributed by atoms with E-state index in [0.717, 1.165) is 22.1 Å². The number of morpholine rings is 1. The Hall–Kier alpha value is -1.50. The van der Waals surface area contributed by atoms with E-state index in [1.807, 2.05) is 11.8 Å². The Bertz CT molecular complexity index is 836. The molecule has 24 heavy (non-hydrogen) atoms. The molecule has 2 heterocycles. The molecule has 0 radical (unpaired) electrons. The summed E-state index contributed by atoms with van der Waals surface area (Å²) < 4.78 is 6.99. The highest BCUT2D eigenvalue weighted by Gasteiger charge is 2.32. The Kier molecular flexibility index (Phi) is 4.52. The molecule has 2 aromatic carbocycles. The number of thioether (sulfide) groups is 1. The molecule has 0 bridgehead atoms. The van der Waals surface area contributed by atoms with Crippen LogP contribution in [0.4, 0.5) is 5.69 Å². The van der Waals surface area contributed by atoms with Gasteiger partial charge in [-0.05, 0) is 42.2 Å². The molecule has 1 aliphatic heterocycles. The van der Waals surface area contributed by atoms with Crippen LogP contribution < -0.4 is 4.90 Å². The zero-order valence-electron chi connectivity index (χ0n) is 13.3. The highest BCUT2D eigenvalue weighted by molar-refractivity contribution is 9.10. The number of aromatic nitrogens is 2. The summed E-state index contributed by atoms with van der Waals surface area (Å²) in [7, 11) is 0. The number of nitrogens with zero attached hydrogens (tertiary/aromatic N) is 2. The zero-order valence-corrected chi connectivity index (χ0v) is 15.7. The third-order valence-electron chi connectivity index (χ3n) is 4.41. The fourth-order valence-electron chi connectivity index (χ4n) is 3.20. The first-order valence-electron chi connectivity index (χ1n) is 7.84. The number of rotatable bonds is 3. The molecule has 0 aliphatic carbocycles. The molecule has 1 aromatic heterocycles. The van der Waals surface area contributed by atoms with Gasteiger partial charge in [0.15, 0.2) is 0 Å². The van der Waals surface area contributed by atoms with Gasteiger partial charge >= 0.3 is 0 Å². The molecule has 1 fully saturated rings. The second kappa shape index (κ2) is 6.78. The molecule has 4 nitrogen and oxygen atoms in total. The zero-order chi connectivity index (χ0) is 16.5. The van der Waals surface area contributed by atoms with Gasteiger partial charge in [0, 0.05) is 10.2 Å². The third kappa shape index (κ3) is 2.94. The first kappa shape index (κ1) is 16.0. The lowest BCUT2D eigenvalue weighted by atomic mass is 10.0. The normalized spacial score (nSPS) is 21.3. The summed E-state index contributed by atoms with van der Waals surface area (Å²) in [6, 6.07) is 15.1. The number of hydrogen-bond donors (Lipinski definition) is 1. The molecular formula is C18H18BrN3OS. The minimum Gasteiger partial charge on any atom is -0.376 e. The van der Waals surface area contributed by atoms with Gasteiger partial charge in [-0.2, -0.15) is 0 Å². The molecule has 2 atom stereocenters. The lowest BCUT2D eigenvalue weighted by molar-refractivity contribution is 0.0866. The summed E-state index contributed by atoms with van der Waals surface area (Å²) in [5.41, 5.74) is 4.52. The quantitative estimate of drug-likeness (QED) is 0.693. The maximum atomic E-state index is 5.90. The van der Waals surface area contributed by atoms with Crippen LogP contribution in [0.5, 0.6) is 0 Å². The van der Waals surface area contributed by atoms with Crippen LogP contribution in [0.2, 0.25) is 0 Å². The average molecular weight is 404 g/mol. The van der Waals surface area contributed by atoms with Crippen LogP contribution in [-0.2, 0) is 4.74 Å². The smallest absolute Gasteiger partial charge is 0.0988 e. The summed E-state index contributed by atoms with van der Waals surface area (Å²) in [6.07, 6.45) is 3.88. The molecule has 0 spiro atoms. The van der Waals surface area contributed by atoms with E-state index in [4.69, 9.17) is 4.74 Å². The number of hydrogen-bond acceptors (Lipinski definition) is 4. The largest absolute Gasteiger partial charge is 0.376 e. The van der Waals surface area contributed by atoms with Crippen LogP contribution in [0.15, 0.2) is 53.3 Å². The van der Waals surface area contributed by atoms with Crippen molar-refractivity contribution in [3.8, 4) is 0 Å². The number of H-pyrrole nitrogens is 1. The van der Waals surface area contributed by atoms with E-state index in [-0.39, 0.29) is 11.4 Å². The minimum atomic E-state index is 0.199. The molecule has 124 valence electrons. The fraction of sp³-hybridized carbons (Fsp3) is 0.278. The third-order valence-corrected chi connectivity index (χ3v) is 5.85. The molecule has 0 amide bonds. The van der Waals surface area contributed by atoms with E-state index in [1.165, 1.54) is 11.3 Å². The second-order valence-corrected chi connectivity index (χ2v) is 7.74. The van der Waals surface area contributed by atoms with Gasteiger partial charge in [-0.15, -0.1) is 11.8 Å². The van der Waals surface area contributed by atoms with Crippen molar-refractivity contribution < 1.29 is 4.74 Å². The molecule has 3 aromatic rings. The molecule has 4 rings (SSSR count). The molecule has 1 saturated heterocycles. The van der Waals surface area contributed by atoms with Crippen molar-refractivity contribution in [2.24, 2.45) is 0 Å². The van der Waals surface area contributed by atoms with Crippen molar-refractivity contribution in [1.29, 1.82) is 0 Å². The van der Waals surface area contributed by atoms with Gasteiger partial charge in [-0.1, -0.05) is 28.1 Å². The molecule has 1 N–H and O–H groups in total. The van der Waals surface area contributed by atoms with Gasteiger partial charge in [0.25, 0.3) is 0 Å². The number of ether oxygens (including phenoxy) is 1. The van der Waals surface area contributed by atoms with Crippen molar-refractivity contribution >= 4 is 44.4 Å². The van der Waals surface area contributed by atoms with Gasteiger partial charge in [-0.3, -0.25) is 0 Å². The van der Waals surface area contributed by atoms with Crippen molar-refractivity contribution in [3.63, 3.8) is 0 Å². The minimum absolute atomic E-state index is 0.199. The van der Waals surface area contributed by atoms with Crippen molar-refractivity contribution in [2.75, 3.05) is 24.4 Å². The second-order valence-electron chi connectivity index (χ2n) is 5.81. The molecular weight excluding hydrogens is 386 g/mol. The van der Waals surface area contributed by atoms with Crippen LogP contribution in [0.3, 0.4) is 0 Å². The highest BCUT2D eigenvalue weighted by Crippen LogP contribution is 2.37. The molecule has 1 aliphatic rings. The summed E-state index contributed by atoms with van der Waals surface area (Å²) >= 11 is 5.34. The Morgan fingerprint density at radius 1 is 1.21 bits per heavy atom. The van der Waals surface area contributed by atoms with Crippen molar-refractivity contribution in [2.45, 2.75) is 11.4 Å². The van der Waals surface area contributed by atoms with Crippen LogP contribution in [-0.4, -0.2) is 34.8 Å². The van der Waals surface area contributed by atoms with E-state index < -0.39 is 0 Å². The number of nitrogens with one attached hydrogen (secondary N) is 1. The van der Waals surface area contributed by atoms with Gasteiger partial charge in [0.2, 0.25) is 0 Å². The van der Waals surface area contributed by atoms with Gasteiger partial charge in [0.05, 0.1) is 42.0 Å². The van der Waals surface area contributed by atoms with E-state index >= 15 is 0 Å². The van der Waals surface area contributed by atoms with Crippen molar-refractivity contribution in [1.82, 2.24) is 9.97 Å². The van der Waals surface area contributed by atoms with E-state index in [0.29, 0.717) is 6.61 Å². The number of halogens is 1. The van der Waals surface area contributed by atoms with Crippen LogP contribution in [0, 0.1) is 0 Å². The Morgan fingerprint density at radius 3 is 2.83 bits per heavy atom. The van der Waals surface area contributed by atoms with Crippen LogP contribution in [0.1, 0.15) is 11.6 Å².